The molecule has 2 saturated carbocycles. The molecular formula is C38H50O2. The topological polar surface area (TPSA) is 40.5 Å². The van der Waals surface area contributed by atoms with Crippen LogP contribution >= 0.6 is 0 Å². The van der Waals surface area contributed by atoms with E-state index in [-0.39, 0.29) is 0 Å². The summed E-state index contributed by atoms with van der Waals surface area (Å²) in [5.41, 5.74) is 10.3. The maximum atomic E-state index is 10.7. The van der Waals surface area contributed by atoms with Crippen molar-refractivity contribution >= 4 is 0 Å². The Morgan fingerprint density at radius 3 is 1.27 bits per heavy atom. The fraction of sp³-hybridized carbons (Fsp3) is 0.526. The minimum Gasteiger partial charge on any atom is -0.508 e. The van der Waals surface area contributed by atoms with Crippen molar-refractivity contribution in [2.45, 2.75) is 128 Å². The minimum atomic E-state index is 0.421. The molecule has 0 saturated heterocycles. The molecule has 0 aliphatic heterocycles. The fourth-order valence-corrected chi connectivity index (χ4v) is 7.48. The van der Waals surface area contributed by atoms with Crippen LogP contribution < -0.4 is 0 Å². The number of rotatable bonds is 8. The fourth-order valence-electron chi connectivity index (χ4n) is 7.48. The van der Waals surface area contributed by atoms with Gasteiger partial charge in [0.15, 0.2) is 0 Å². The van der Waals surface area contributed by atoms with E-state index >= 15 is 0 Å². The monoisotopic (exact) mass is 538 g/mol. The number of hydrogen-bond donors (Lipinski definition) is 2. The molecule has 0 amide bonds. The van der Waals surface area contributed by atoms with Crippen molar-refractivity contribution in [3.8, 4) is 11.5 Å². The summed E-state index contributed by atoms with van der Waals surface area (Å²) in [6.07, 6.45) is 14.6. The van der Waals surface area contributed by atoms with Crippen molar-refractivity contribution in [2.75, 3.05) is 0 Å². The minimum absolute atomic E-state index is 0.421. The molecular weight excluding hydrogens is 488 g/mol. The summed E-state index contributed by atoms with van der Waals surface area (Å²) < 4.78 is 0. The molecule has 3 aromatic rings. The predicted molar refractivity (Wildman–Crippen MR) is 168 cm³/mol. The number of hydrogen-bond acceptors (Lipinski definition) is 2. The third-order valence-corrected chi connectivity index (χ3v) is 10.2. The van der Waals surface area contributed by atoms with Crippen LogP contribution in [-0.2, 0) is 12.8 Å². The van der Waals surface area contributed by atoms with E-state index in [2.05, 4.69) is 64.1 Å². The van der Waals surface area contributed by atoms with Crippen LogP contribution in [0, 0.1) is 13.8 Å². The van der Waals surface area contributed by atoms with Crippen molar-refractivity contribution in [3.05, 3.63) is 93.0 Å². The SMILES string of the molecule is Cc1cc(O)c(C2CCCCC2)cc1CC(C)c1ccc(C(C)Cc2cc(C3CCCCC3)c(O)cc2C)cc1. The number of phenolic OH excluding ortho intramolecular Hbond substituents is 2. The Labute approximate surface area is 242 Å². The molecule has 2 aliphatic carbocycles. The average molecular weight is 539 g/mol. The molecule has 2 fully saturated rings. The first kappa shape index (κ1) is 28.8. The lowest BCUT2D eigenvalue weighted by Gasteiger charge is -2.25. The van der Waals surface area contributed by atoms with E-state index in [9.17, 15) is 10.2 Å². The van der Waals surface area contributed by atoms with Crippen LogP contribution in [0.5, 0.6) is 11.5 Å². The largest absolute Gasteiger partial charge is 0.508 e. The second-order valence-electron chi connectivity index (χ2n) is 13.2. The Balaban J connectivity index is 1.26. The van der Waals surface area contributed by atoms with E-state index in [1.165, 1.54) is 109 Å². The van der Waals surface area contributed by atoms with E-state index in [0.717, 1.165) is 12.8 Å². The first-order valence-corrected chi connectivity index (χ1v) is 16.0. The molecule has 0 aromatic heterocycles. The molecule has 0 bridgehead atoms. The molecule has 0 heterocycles. The maximum absolute atomic E-state index is 10.7. The summed E-state index contributed by atoms with van der Waals surface area (Å²) >= 11 is 0. The Bertz CT molecular complexity index is 1180. The van der Waals surface area contributed by atoms with Crippen LogP contribution in [0.15, 0.2) is 48.5 Å². The Morgan fingerprint density at radius 2 is 0.925 bits per heavy atom. The summed E-state index contributed by atoms with van der Waals surface area (Å²) in [5.74, 6) is 2.86. The third-order valence-electron chi connectivity index (χ3n) is 10.2. The number of aryl methyl sites for hydroxylation is 2. The van der Waals surface area contributed by atoms with E-state index in [0.29, 0.717) is 35.2 Å². The maximum Gasteiger partial charge on any atom is 0.119 e. The van der Waals surface area contributed by atoms with Gasteiger partial charge in [-0.05, 0) is 133 Å². The van der Waals surface area contributed by atoms with Gasteiger partial charge in [-0.2, -0.15) is 0 Å². The third kappa shape index (κ3) is 6.59. The smallest absolute Gasteiger partial charge is 0.119 e. The molecule has 2 N–H and O–H groups in total. The van der Waals surface area contributed by atoms with Crippen LogP contribution in [0.4, 0.5) is 0 Å². The second kappa shape index (κ2) is 12.8. The normalized spacial score (nSPS) is 18.5. The highest BCUT2D eigenvalue weighted by Crippen LogP contribution is 2.40. The quantitative estimate of drug-likeness (QED) is 0.299. The highest BCUT2D eigenvalue weighted by Gasteiger charge is 2.22. The van der Waals surface area contributed by atoms with Crippen molar-refractivity contribution in [3.63, 3.8) is 0 Å². The number of phenols is 2. The van der Waals surface area contributed by atoms with Crippen LogP contribution in [0.3, 0.4) is 0 Å². The van der Waals surface area contributed by atoms with Gasteiger partial charge in [0.1, 0.15) is 11.5 Å². The van der Waals surface area contributed by atoms with Gasteiger partial charge >= 0.3 is 0 Å². The van der Waals surface area contributed by atoms with Crippen molar-refractivity contribution in [1.82, 2.24) is 0 Å². The molecule has 2 heteroatoms. The molecule has 2 aliphatic rings. The molecule has 2 atom stereocenters. The van der Waals surface area contributed by atoms with Crippen molar-refractivity contribution in [2.24, 2.45) is 0 Å². The van der Waals surface area contributed by atoms with Gasteiger partial charge in [0.05, 0.1) is 0 Å². The zero-order valence-electron chi connectivity index (χ0n) is 25.3. The van der Waals surface area contributed by atoms with Crippen LogP contribution in [0.2, 0.25) is 0 Å². The zero-order valence-corrected chi connectivity index (χ0v) is 25.3. The molecule has 214 valence electrons. The highest BCUT2D eigenvalue weighted by atomic mass is 16.3. The van der Waals surface area contributed by atoms with Crippen LogP contribution in [0.25, 0.3) is 0 Å². The molecule has 2 nitrogen and oxygen atoms in total. The summed E-state index contributed by atoms with van der Waals surface area (Å²) in [6, 6.07) is 17.9. The Morgan fingerprint density at radius 1 is 0.575 bits per heavy atom. The molecule has 0 radical (unpaired) electrons. The zero-order chi connectivity index (χ0) is 28.2. The molecule has 0 spiro atoms. The predicted octanol–water partition coefficient (Wildman–Crippen LogP) is 10.5. The second-order valence-corrected chi connectivity index (χ2v) is 13.2. The first-order chi connectivity index (χ1) is 19.3. The van der Waals surface area contributed by atoms with Crippen molar-refractivity contribution in [1.29, 1.82) is 0 Å². The van der Waals surface area contributed by atoms with Gasteiger partial charge < -0.3 is 10.2 Å². The van der Waals surface area contributed by atoms with Crippen LogP contribution in [-0.4, -0.2) is 10.2 Å². The van der Waals surface area contributed by atoms with Crippen molar-refractivity contribution < 1.29 is 10.2 Å². The summed E-state index contributed by atoms with van der Waals surface area (Å²) in [5, 5.41) is 21.4. The first-order valence-electron chi connectivity index (χ1n) is 16.0. The molecule has 40 heavy (non-hydrogen) atoms. The lowest BCUT2D eigenvalue weighted by atomic mass is 9.81. The lowest BCUT2D eigenvalue weighted by molar-refractivity contribution is 0.413. The van der Waals surface area contributed by atoms with Gasteiger partial charge in [-0.15, -0.1) is 0 Å². The lowest BCUT2D eigenvalue weighted by Crippen LogP contribution is -2.08. The average Bonchev–Trinajstić information content (AvgIpc) is 2.96. The van der Waals surface area contributed by atoms with Gasteiger partial charge in [-0.1, -0.05) is 88.8 Å². The molecule has 3 aromatic carbocycles. The Hall–Kier alpha value is -2.74. The standard InChI is InChI=1S/C38H50O2/c1-25(19-33-23-35(37(39)21-27(33)3)31-11-7-5-8-12-31)29-15-17-30(18-16-29)26(2)20-34-24-36(38(40)22-28(34)4)32-13-9-6-10-14-32/h15-18,21-26,31-32,39-40H,5-14,19-20H2,1-4H3. The number of aromatic hydroxyl groups is 2. The van der Waals surface area contributed by atoms with E-state index < -0.39 is 0 Å². The molecule has 5 rings (SSSR count). The molecule has 2 unspecified atom stereocenters. The number of benzene rings is 3. The van der Waals surface area contributed by atoms with E-state index in [1.807, 2.05) is 12.1 Å². The van der Waals surface area contributed by atoms with Crippen LogP contribution in [0.1, 0.15) is 146 Å². The summed E-state index contributed by atoms with van der Waals surface area (Å²) in [4.78, 5) is 0. The summed E-state index contributed by atoms with van der Waals surface area (Å²) in [6.45, 7) is 8.94. The van der Waals surface area contributed by atoms with E-state index in [4.69, 9.17) is 0 Å². The van der Waals surface area contributed by atoms with Gasteiger partial charge in [-0.25, -0.2) is 0 Å². The van der Waals surface area contributed by atoms with Gasteiger partial charge in [0, 0.05) is 0 Å². The van der Waals surface area contributed by atoms with Gasteiger partial charge in [0.2, 0.25) is 0 Å². The van der Waals surface area contributed by atoms with E-state index in [1.54, 1.807) is 0 Å². The van der Waals surface area contributed by atoms with Gasteiger partial charge in [0.25, 0.3) is 0 Å². The highest BCUT2D eigenvalue weighted by molar-refractivity contribution is 5.46. The summed E-state index contributed by atoms with van der Waals surface area (Å²) in [7, 11) is 0. The van der Waals surface area contributed by atoms with Gasteiger partial charge in [-0.3, -0.25) is 0 Å². The Kier molecular flexibility index (Phi) is 9.24.